The molecule has 1 aromatic carbocycles. The number of aldehydes is 1. The first-order valence-corrected chi connectivity index (χ1v) is 5.38. The first-order chi connectivity index (χ1) is 8.46. The summed E-state index contributed by atoms with van der Waals surface area (Å²) in [5.41, 5.74) is 0.0584. The summed E-state index contributed by atoms with van der Waals surface area (Å²) in [4.78, 5) is 10.7. The molecular formula is C12H13F3O3. The van der Waals surface area contributed by atoms with Crippen molar-refractivity contribution in [3.05, 3.63) is 23.8 Å². The molecule has 0 bridgehead atoms. The van der Waals surface area contributed by atoms with Crippen LogP contribution in [0.5, 0.6) is 11.5 Å². The molecule has 6 heteroatoms. The second kappa shape index (κ2) is 6.28. The lowest BCUT2D eigenvalue weighted by molar-refractivity contribution is -0.153. The Morgan fingerprint density at radius 1 is 1.28 bits per heavy atom. The van der Waals surface area contributed by atoms with Gasteiger partial charge in [0.2, 0.25) is 0 Å². The topological polar surface area (TPSA) is 35.5 Å². The van der Waals surface area contributed by atoms with E-state index in [2.05, 4.69) is 4.74 Å². The van der Waals surface area contributed by atoms with Crippen molar-refractivity contribution in [2.24, 2.45) is 0 Å². The molecule has 18 heavy (non-hydrogen) atoms. The van der Waals surface area contributed by atoms with Crippen LogP contribution in [0.4, 0.5) is 13.2 Å². The van der Waals surface area contributed by atoms with Gasteiger partial charge in [-0.1, -0.05) is 6.92 Å². The van der Waals surface area contributed by atoms with Crippen molar-refractivity contribution in [1.82, 2.24) is 0 Å². The maximum absolute atomic E-state index is 12.0. The van der Waals surface area contributed by atoms with Crippen molar-refractivity contribution in [2.45, 2.75) is 19.5 Å². The standard InChI is InChI=1S/C12H13F3O3/c1-2-5-17-10-4-3-9(7-16)11(6-10)18-8-12(13,14)15/h3-4,6-7H,2,5,8H2,1H3. The molecule has 0 saturated heterocycles. The number of hydrogen-bond acceptors (Lipinski definition) is 3. The second-order valence-electron chi connectivity index (χ2n) is 3.57. The van der Waals surface area contributed by atoms with Gasteiger partial charge in [-0.3, -0.25) is 4.79 Å². The maximum atomic E-state index is 12.0. The Kier molecular flexibility index (Phi) is 5.00. The van der Waals surface area contributed by atoms with Crippen LogP contribution in [-0.2, 0) is 0 Å². The van der Waals surface area contributed by atoms with Gasteiger partial charge >= 0.3 is 6.18 Å². The van der Waals surface area contributed by atoms with Crippen LogP contribution < -0.4 is 9.47 Å². The predicted molar refractivity (Wildman–Crippen MR) is 59.2 cm³/mol. The van der Waals surface area contributed by atoms with Crippen molar-refractivity contribution in [2.75, 3.05) is 13.2 Å². The third-order valence-electron chi connectivity index (χ3n) is 1.98. The van der Waals surface area contributed by atoms with Gasteiger partial charge in [0.05, 0.1) is 12.2 Å². The van der Waals surface area contributed by atoms with Crippen LogP contribution in [0.25, 0.3) is 0 Å². The molecule has 0 radical (unpaired) electrons. The highest BCUT2D eigenvalue weighted by atomic mass is 19.4. The monoisotopic (exact) mass is 262 g/mol. The zero-order chi connectivity index (χ0) is 13.6. The fraction of sp³-hybridized carbons (Fsp3) is 0.417. The molecule has 0 amide bonds. The number of carbonyl (C=O) groups excluding carboxylic acids is 1. The number of rotatable bonds is 6. The van der Waals surface area contributed by atoms with E-state index in [9.17, 15) is 18.0 Å². The van der Waals surface area contributed by atoms with Crippen LogP contribution >= 0.6 is 0 Å². The summed E-state index contributed by atoms with van der Waals surface area (Å²) in [6, 6.07) is 4.16. The molecule has 0 spiro atoms. The lowest BCUT2D eigenvalue weighted by atomic mass is 10.2. The molecule has 0 atom stereocenters. The number of carbonyl (C=O) groups is 1. The van der Waals surface area contributed by atoms with E-state index in [1.54, 1.807) is 0 Å². The quantitative estimate of drug-likeness (QED) is 0.738. The number of hydrogen-bond donors (Lipinski definition) is 0. The zero-order valence-corrected chi connectivity index (χ0v) is 9.79. The van der Waals surface area contributed by atoms with E-state index in [-0.39, 0.29) is 11.3 Å². The first kappa shape index (κ1) is 14.3. The summed E-state index contributed by atoms with van der Waals surface area (Å²) >= 11 is 0. The molecule has 1 aromatic rings. The van der Waals surface area contributed by atoms with Gasteiger partial charge in [0, 0.05) is 6.07 Å². The van der Waals surface area contributed by atoms with E-state index in [4.69, 9.17) is 4.74 Å². The van der Waals surface area contributed by atoms with Crippen LogP contribution in [0.2, 0.25) is 0 Å². The molecule has 0 saturated carbocycles. The first-order valence-electron chi connectivity index (χ1n) is 5.38. The molecule has 100 valence electrons. The highest BCUT2D eigenvalue weighted by Gasteiger charge is 2.28. The maximum Gasteiger partial charge on any atom is 0.422 e. The largest absolute Gasteiger partial charge is 0.493 e. The van der Waals surface area contributed by atoms with Crippen LogP contribution in [0, 0.1) is 0 Å². The van der Waals surface area contributed by atoms with E-state index >= 15 is 0 Å². The lowest BCUT2D eigenvalue weighted by Crippen LogP contribution is -2.19. The zero-order valence-electron chi connectivity index (χ0n) is 9.79. The van der Waals surface area contributed by atoms with Gasteiger partial charge in [-0.05, 0) is 18.6 Å². The number of benzene rings is 1. The fourth-order valence-electron chi connectivity index (χ4n) is 1.21. The van der Waals surface area contributed by atoms with Gasteiger partial charge in [0.15, 0.2) is 12.9 Å². The molecule has 0 unspecified atom stereocenters. The molecule has 1 rings (SSSR count). The van der Waals surface area contributed by atoms with Crippen molar-refractivity contribution in [1.29, 1.82) is 0 Å². The molecule has 0 aliphatic carbocycles. The number of ether oxygens (including phenoxy) is 2. The van der Waals surface area contributed by atoms with Crippen molar-refractivity contribution in [3.63, 3.8) is 0 Å². The Balaban J connectivity index is 2.81. The van der Waals surface area contributed by atoms with E-state index in [0.717, 1.165) is 6.42 Å². The van der Waals surface area contributed by atoms with E-state index in [1.165, 1.54) is 18.2 Å². The molecule has 0 N–H and O–H groups in total. The van der Waals surface area contributed by atoms with Gasteiger partial charge < -0.3 is 9.47 Å². The average Bonchev–Trinajstić information content (AvgIpc) is 2.33. The smallest absolute Gasteiger partial charge is 0.422 e. The van der Waals surface area contributed by atoms with Gasteiger partial charge in [-0.2, -0.15) is 13.2 Å². The summed E-state index contributed by atoms with van der Waals surface area (Å²) < 4.78 is 45.9. The molecule has 0 aliphatic heterocycles. The Hall–Kier alpha value is -1.72. The summed E-state index contributed by atoms with van der Waals surface area (Å²) in [7, 11) is 0. The molecule has 3 nitrogen and oxygen atoms in total. The Morgan fingerprint density at radius 3 is 2.56 bits per heavy atom. The molecular weight excluding hydrogens is 249 g/mol. The average molecular weight is 262 g/mol. The van der Waals surface area contributed by atoms with Crippen LogP contribution in [0.1, 0.15) is 23.7 Å². The van der Waals surface area contributed by atoms with Crippen molar-refractivity contribution in [3.8, 4) is 11.5 Å². The van der Waals surface area contributed by atoms with Gasteiger partial charge in [0.1, 0.15) is 11.5 Å². The van der Waals surface area contributed by atoms with Crippen LogP contribution in [0.15, 0.2) is 18.2 Å². The number of alkyl halides is 3. The molecule has 0 aromatic heterocycles. The van der Waals surface area contributed by atoms with E-state index in [1.807, 2.05) is 6.92 Å². The lowest BCUT2D eigenvalue weighted by Gasteiger charge is -2.12. The van der Waals surface area contributed by atoms with E-state index < -0.39 is 12.8 Å². The molecule has 0 fully saturated rings. The number of halogens is 3. The fourth-order valence-corrected chi connectivity index (χ4v) is 1.21. The predicted octanol–water partition coefficient (Wildman–Crippen LogP) is 3.23. The van der Waals surface area contributed by atoms with Crippen LogP contribution in [0.3, 0.4) is 0 Å². The van der Waals surface area contributed by atoms with Crippen molar-refractivity contribution < 1.29 is 27.4 Å². The summed E-state index contributed by atoms with van der Waals surface area (Å²) in [5, 5.41) is 0. The molecule has 0 aliphatic rings. The third-order valence-corrected chi connectivity index (χ3v) is 1.98. The summed E-state index contributed by atoms with van der Waals surface area (Å²) in [6.07, 6.45) is -3.23. The van der Waals surface area contributed by atoms with E-state index in [0.29, 0.717) is 18.6 Å². The van der Waals surface area contributed by atoms with Crippen molar-refractivity contribution >= 4 is 6.29 Å². The second-order valence-corrected chi connectivity index (χ2v) is 3.57. The summed E-state index contributed by atoms with van der Waals surface area (Å²) in [6.45, 7) is 0.908. The minimum atomic E-state index is -4.44. The van der Waals surface area contributed by atoms with Gasteiger partial charge in [0.25, 0.3) is 0 Å². The SMILES string of the molecule is CCCOc1ccc(C=O)c(OCC(F)(F)F)c1. The Labute approximate surface area is 103 Å². The molecule has 0 heterocycles. The van der Waals surface area contributed by atoms with Gasteiger partial charge in [-0.25, -0.2) is 0 Å². The normalized spacial score (nSPS) is 11.1. The minimum absolute atomic E-state index is 0.0584. The Morgan fingerprint density at radius 2 is 2.00 bits per heavy atom. The highest BCUT2D eigenvalue weighted by molar-refractivity contribution is 5.79. The minimum Gasteiger partial charge on any atom is -0.493 e. The summed E-state index contributed by atoms with van der Waals surface area (Å²) in [5.74, 6) is 0.246. The third kappa shape index (κ3) is 4.65. The van der Waals surface area contributed by atoms with Gasteiger partial charge in [-0.15, -0.1) is 0 Å². The highest BCUT2D eigenvalue weighted by Crippen LogP contribution is 2.26. The Bertz CT molecular complexity index is 402. The van der Waals surface area contributed by atoms with Crippen LogP contribution in [-0.4, -0.2) is 25.7 Å².